The Morgan fingerprint density at radius 3 is 2.48 bits per heavy atom. The van der Waals surface area contributed by atoms with E-state index in [0.717, 1.165) is 63.5 Å². The van der Waals surface area contributed by atoms with Crippen LogP contribution in [0.3, 0.4) is 0 Å². The number of halogens is 1. The van der Waals surface area contributed by atoms with Gasteiger partial charge in [-0.15, -0.1) is 24.0 Å². The zero-order valence-corrected chi connectivity index (χ0v) is 21.5. The molecule has 0 spiro atoms. The Morgan fingerprint density at radius 2 is 1.87 bits per heavy atom. The second-order valence-electron chi connectivity index (χ2n) is 8.51. The molecule has 2 N–H and O–H groups in total. The van der Waals surface area contributed by atoms with Crippen LogP contribution in [0.1, 0.15) is 55.8 Å². The summed E-state index contributed by atoms with van der Waals surface area (Å²) in [5, 5.41) is 7.09. The standard InChI is InChI=1S/C25H37N5.HI/c1-20(2)22-11-9-21(10-12-22)7-6-16-28-25(26-3)29-23-13-17-30(18-14-23)19-24-8-4-5-15-27-24;/h4-5,8-12,15,20,23H,6-7,13-14,16-19H2,1-3H3,(H2,26,28,29);1H. The number of guanidine groups is 1. The van der Waals surface area contributed by atoms with Crippen molar-refractivity contribution in [2.75, 3.05) is 26.7 Å². The van der Waals surface area contributed by atoms with E-state index < -0.39 is 0 Å². The Labute approximate surface area is 205 Å². The molecule has 1 aromatic carbocycles. The average molecular weight is 536 g/mol. The lowest BCUT2D eigenvalue weighted by molar-refractivity contribution is 0.196. The number of rotatable bonds is 8. The normalized spacial score (nSPS) is 15.5. The van der Waals surface area contributed by atoms with Crippen molar-refractivity contribution in [2.45, 2.75) is 58.0 Å². The molecule has 6 heteroatoms. The molecule has 0 amide bonds. The zero-order chi connectivity index (χ0) is 21.2. The van der Waals surface area contributed by atoms with Gasteiger partial charge in [0.25, 0.3) is 0 Å². The van der Waals surface area contributed by atoms with Gasteiger partial charge in [-0.25, -0.2) is 0 Å². The van der Waals surface area contributed by atoms with Gasteiger partial charge in [0.2, 0.25) is 0 Å². The fourth-order valence-electron chi connectivity index (χ4n) is 3.91. The molecule has 0 radical (unpaired) electrons. The molecular formula is C25H38IN5. The average Bonchev–Trinajstić information content (AvgIpc) is 2.78. The van der Waals surface area contributed by atoms with Crippen molar-refractivity contribution in [3.8, 4) is 0 Å². The minimum atomic E-state index is 0. The number of aromatic nitrogens is 1. The SMILES string of the molecule is CN=C(NCCCc1ccc(C(C)C)cc1)NC1CCN(Cc2ccccn2)CC1.I. The van der Waals surface area contributed by atoms with Crippen molar-refractivity contribution in [3.05, 3.63) is 65.5 Å². The van der Waals surface area contributed by atoms with Gasteiger partial charge in [0.1, 0.15) is 0 Å². The maximum atomic E-state index is 4.44. The largest absolute Gasteiger partial charge is 0.356 e. The highest BCUT2D eigenvalue weighted by atomic mass is 127. The van der Waals surface area contributed by atoms with Gasteiger partial charge in [-0.3, -0.25) is 14.9 Å². The molecular weight excluding hydrogens is 497 g/mol. The first kappa shape index (κ1) is 25.6. The smallest absolute Gasteiger partial charge is 0.191 e. The molecule has 0 atom stereocenters. The van der Waals surface area contributed by atoms with Gasteiger partial charge in [-0.1, -0.05) is 44.2 Å². The molecule has 5 nitrogen and oxygen atoms in total. The summed E-state index contributed by atoms with van der Waals surface area (Å²) < 4.78 is 0. The van der Waals surface area contributed by atoms with Crippen LogP contribution in [0, 0.1) is 0 Å². The zero-order valence-electron chi connectivity index (χ0n) is 19.2. The molecule has 1 fully saturated rings. The topological polar surface area (TPSA) is 52.6 Å². The fourth-order valence-corrected chi connectivity index (χ4v) is 3.91. The van der Waals surface area contributed by atoms with E-state index in [4.69, 9.17) is 0 Å². The number of pyridine rings is 1. The summed E-state index contributed by atoms with van der Waals surface area (Å²) in [5.74, 6) is 1.52. The highest BCUT2D eigenvalue weighted by Crippen LogP contribution is 2.15. The summed E-state index contributed by atoms with van der Waals surface area (Å²) in [7, 11) is 1.86. The number of piperidine rings is 1. The van der Waals surface area contributed by atoms with Crippen LogP contribution in [0.5, 0.6) is 0 Å². The van der Waals surface area contributed by atoms with E-state index in [1.54, 1.807) is 0 Å². The number of nitrogens with one attached hydrogen (secondary N) is 2. The first-order chi connectivity index (χ1) is 14.6. The van der Waals surface area contributed by atoms with Crippen LogP contribution in [0.4, 0.5) is 0 Å². The van der Waals surface area contributed by atoms with E-state index in [0.29, 0.717) is 12.0 Å². The lowest BCUT2D eigenvalue weighted by Gasteiger charge is -2.32. The second kappa shape index (κ2) is 13.7. The van der Waals surface area contributed by atoms with Crippen LogP contribution >= 0.6 is 24.0 Å². The molecule has 1 aromatic heterocycles. The molecule has 0 bridgehead atoms. The maximum Gasteiger partial charge on any atom is 0.191 e. The molecule has 0 aliphatic carbocycles. The summed E-state index contributed by atoms with van der Waals surface area (Å²) in [6, 6.07) is 15.7. The number of benzene rings is 1. The van der Waals surface area contributed by atoms with Crippen molar-refractivity contribution in [3.63, 3.8) is 0 Å². The first-order valence-corrected chi connectivity index (χ1v) is 11.3. The van der Waals surface area contributed by atoms with Crippen LogP contribution in [0.2, 0.25) is 0 Å². The lowest BCUT2D eigenvalue weighted by Crippen LogP contribution is -2.48. The molecule has 1 aliphatic rings. The van der Waals surface area contributed by atoms with E-state index in [1.165, 1.54) is 11.1 Å². The Kier molecular flexibility index (Phi) is 11.3. The van der Waals surface area contributed by atoms with Crippen molar-refractivity contribution < 1.29 is 0 Å². The summed E-state index contributed by atoms with van der Waals surface area (Å²) in [6.45, 7) is 8.54. The Bertz CT molecular complexity index is 768. The van der Waals surface area contributed by atoms with Gasteiger partial charge in [0, 0.05) is 45.5 Å². The second-order valence-corrected chi connectivity index (χ2v) is 8.51. The number of aliphatic imine (C=N–C) groups is 1. The molecule has 3 rings (SSSR count). The summed E-state index contributed by atoms with van der Waals surface area (Å²) >= 11 is 0. The van der Waals surface area contributed by atoms with Crippen LogP contribution in [0.15, 0.2) is 53.7 Å². The number of hydrogen-bond donors (Lipinski definition) is 2. The number of likely N-dealkylation sites (tertiary alicyclic amines) is 1. The third-order valence-corrected chi connectivity index (χ3v) is 5.84. The summed E-state index contributed by atoms with van der Waals surface area (Å²) in [5.41, 5.74) is 3.97. The van der Waals surface area contributed by atoms with Gasteiger partial charge in [0.15, 0.2) is 5.96 Å². The highest BCUT2D eigenvalue weighted by Gasteiger charge is 2.20. The Balaban J connectivity index is 0.00000341. The molecule has 170 valence electrons. The maximum absolute atomic E-state index is 4.44. The number of aryl methyl sites for hydroxylation is 1. The lowest BCUT2D eigenvalue weighted by atomic mass is 10.0. The van der Waals surface area contributed by atoms with E-state index in [2.05, 4.69) is 75.8 Å². The van der Waals surface area contributed by atoms with Crippen molar-refractivity contribution >= 4 is 29.9 Å². The number of hydrogen-bond acceptors (Lipinski definition) is 3. The molecule has 1 saturated heterocycles. The molecule has 0 unspecified atom stereocenters. The van der Waals surface area contributed by atoms with Crippen LogP contribution in [-0.4, -0.2) is 48.6 Å². The van der Waals surface area contributed by atoms with E-state index in [9.17, 15) is 0 Å². The van der Waals surface area contributed by atoms with Crippen LogP contribution in [-0.2, 0) is 13.0 Å². The van der Waals surface area contributed by atoms with E-state index >= 15 is 0 Å². The summed E-state index contributed by atoms with van der Waals surface area (Å²) in [6.07, 6.45) is 6.34. The summed E-state index contributed by atoms with van der Waals surface area (Å²) in [4.78, 5) is 11.3. The van der Waals surface area contributed by atoms with E-state index in [1.807, 2.05) is 19.3 Å². The quantitative estimate of drug-likeness (QED) is 0.225. The highest BCUT2D eigenvalue weighted by molar-refractivity contribution is 14.0. The third kappa shape index (κ3) is 8.77. The van der Waals surface area contributed by atoms with Gasteiger partial charge < -0.3 is 10.6 Å². The fraction of sp³-hybridized carbons (Fsp3) is 0.520. The van der Waals surface area contributed by atoms with E-state index in [-0.39, 0.29) is 24.0 Å². The molecule has 2 heterocycles. The minimum absolute atomic E-state index is 0. The molecule has 31 heavy (non-hydrogen) atoms. The van der Waals surface area contributed by atoms with Gasteiger partial charge in [0.05, 0.1) is 5.69 Å². The molecule has 0 saturated carbocycles. The first-order valence-electron chi connectivity index (χ1n) is 11.3. The Hall–Kier alpha value is -1.67. The minimum Gasteiger partial charge on any atom is -0.356 e. The molecule has 2 aromatic rings. The number of nitrogens with zero attached hydrogens (tertiary/aromatic N) is 3. The Morgan fingerprint density at radius 1 is 1.13 bits per heavy atom. The monoisotopic (exact) mass is 535 g/mol. The van der Waals surface area contributed by atoms with Crippen molar-refractivity contribution in [1.82, 2.24) is 20.5 Å². The van der Waals surface area contributed by atoms with Crippen molar-refractivity contribution in [2.24, 2.45) is 4.99 Å². The van der Waals surface area contributed by atoms with Gasteiger partial charge in [-0.05, 0) is 54.9 Å². The van der Waals surface area contributed by atoms with Crippen LogP contribution < -0.4 is 10.6 Å². The molecule has 1 aliphatic heterocycles. The van der Waals surface area contributed by atoms with Crippen molar-refractivity contribution in [1.29, 1.82) is 0 Å². The van der Waals surface area contributed by atoms with Gasteiger partial charge in [-0.2, -0.15) is 0 Å². The predicted molar refractivity (Wildman–Crippen MR) is 141 cm³/mol. The predicted octanol–water partition coefficient (Wildman–Crippen LogP) is 4.59. The van der Waals surface area contributed by atoms with Crippen LogP contribution in [0.25, 0.3) is 0 Å². The van der Waals surface area contributed by atoms with Gasteiger partial charge >= 0.3 is 0 Å². The third-order valence-electron chi connectivity index (χ3n) is 5.84.